The first-order valence-electron chi connectivity index (χ1n) is 18.8. The summed E-state index contributed by atoms with van der Waals surface area (Å²) < 4.78 is 121. The molecule has 1 aromatic heterocycles. The molecule has 8 rings (SSSR count). The smallest absolute Gasteiger partial charge is 0.143 e. The Bertz CT molecular complexity index is 2770. The zero-order valence-electron chi connectivity index (χ0n) is 33.3. The maximum Gasteiger partial charge on any atom is 0.143 e. The third kappa shape index (κ3) is 3.41. The molecule has 0 fully saturated rings. The fourth-order valence-electron chi connectivity index (χ4n) is 5.32. The second kappa shape index (κ2) is 8.72. The van der Waals surface area contributed by atoms with Crippen molar-refractivity contribution in [1.29, 1.82) is 0 Å². The molecule has 0 aliphatic heterocycles. The number of furan rings is 1. The SMILES string of the molecule is [2H]c1c([2H])c([2H])c(-c2c3c([2H])c([2H])c([2H])c([2H])c3c(-c3cccc4c3oc3cc(-c5ccccc5)ccc34)c3c([2H])c([2H])c([2H])c([2H])c23)c([2H])c1[2H]. The third-order valence-corrected chi connectivity index (χ3v) is 7.00. The first kappa shape index (κ1) is 12.6. The van der Waals surface area contributed by atoms with Gasteiger partial charge in [-0.1, -0.05) is 133 Å². The van der Waals surface area contributed by atoms with Gasteiger partial charge in [0.25, 0.3) is 0 Å². The first-order chi connectivity index (χ1) is 24.8. The van der Waals surface area contributed by atoms with E-state index in [9.17, 15) is 2.74 Å². The minimum atomic E-state index is -0.718. The molecule has 8 aromatic rings. The van der Waals surface area contributed by atoms with Crippen LogP contribution >= 0.6 is 0 Å². The summed E-state index contributed by atoms with van der Waals surface area (Å²) in [4.78, 5) is 0. The van der Waals surface area contributed by atoms with Crippen LogP contribution in [0.2, 0.25) is 0 Å². The van der Waals surface area contributed by atoms with Crippen molar-refractivity contribution in [1.82, 2.24) is 0 Å². The molecule has 0 atom stereocenters. The molecule has 0 radical (unpaired) electrons. The van der Waals surface area contributed by atoms with Crippen molar-refractivity contribution in [2.45, 2.75) is 0 Å². The van der Waals surface area contributed by atoms with Crippen molar-refractivity contribution in [3.63, 3.8) is 0 Å². The van der Waals surface area contributed by atoms with Crippen molar-refractivity contribution in [2.75, 3.05) is 0 Å². The molecular weight excluding hydrogens is 472 g/mol. The van der Waals surface area contributed by atoms with E-state index >= 15 is 0 Å². The van der Waals surface area contributed by atoms with E-state index in [0.717, 1.165) is 16.5 Å². The van der Waals surface area contributed by atoms with E-state index in [2.05, 4.69) is 0 Å². The molecule has 7 aromatic carbocycles. The monoisotopic (exact) mass is 509 g/mol. The van der Waals surface area contributed by atoms with Crippen molar-refractivity contribution in [2.24, 2.45) is 0 Å². The summed E-state index contributed by atoms with van der Waals surface area (Å²) in [5.41, 5.74) is 2.15. The molecule has 1 heterocycles. The summed E-state index contributed by atoms with van der Waals surface area (Å²) in [6, 6.07) is 12.1. The summed E-state index contributed by atoms with van der Waals surface area (Å²) in [5.74, 6) is 0. The van der Waals surface area contributed by atoms with Crippen LogP contribution in [0.5, 0.6) is 0 Å². The van der Waals surface area contributed by atoms with Gasteiger partial charge in [0.15, 0.2) is 0 Å². The molecule has 182 valence electrons. The summed E-state index contributed by atoms with van der Waals surface area (Å²) in [7, 11) is 0. The average molecular weight is 510 g/mol. The fraction of sp³-hybridized carbons (Fsp3) is 0. The lowest BCUT2D eigenvalue weighted by Crippen LogP contribution is -1.90. The first-order valence-corrected chi connectivity index (χ1v) is 12.3. The lowest BCUT2D eigenvalue weighted by Gasteiger charge is -2.17. The second-order valence-corrected chi connectivity index (χ2v) is 9.11. The van der Waals surface area contributed by atoms with Crippen LogP contribution in [0.15, 0.2) is 150 Å². The Labute approximate surface area is 244 Å². The number of hydrogen-bond acceptors (Lipinski definition) is 1. The lowest BCUT2D eigenvalue weighted by molar-refractivity contribution is 0.670. The standard InChI is InChI=1S/C38H24O/c1-3-12-25(13-4-1)27-22-23-28-33-20-11-21-34(38(33)39-35(28)24-27)37-31-18-9-7-16-29(31)36(26-14-5-2-6-15-26)30-17-8-10-19-32(30)37/h1-24H/i2D,5D,6D,7D,8D,9D,10D,14D,15D,16D,17D,18D,19D. The molecule has 0 unspecified atom stereocenters. The Kier molecular flexibility index (Phi) is 2.82. The van der Waals surface area contributed by atoms with E-state index in [-0.39, 0.29) is 38.2 Å². The Morgan fingerprint density at radius 3 is 1.77 bits per heavy atom. The minimum Gasteiger partial charge on any atom is -0.455 e. The molecule has 0 aliphatic carbocycles. The fourth-order valence-corrected chi connectivity index (χ4v) is 5.32. The number of hydrogen-bond donors (Lipinski definition) is 0. The average Bonchev–Trinajstić information content (AvgIpc) is 3.54. The summed E-state index contributed by atoms with van der Waals surface area (Å²) >= 11 is 0. The maximum atomic E-state index is 9.22. The second-order valence-electron chi connectivity index (χ2n) is 9.11. The number of benzene rings is 7. The molecular formula is C38H24O. The summed E-state index contributed by atoms with van der Waals surface area (Å²) in [6.45, 7) is 0. The van der Waals surface area contributed by atoms with Gasteiger partial charge in [-0.2, -0.15) is 0 Å². The molecule has 0 amide bonds. The van der Waals surface area contributed by atoms with Gasteiger partial charge in [0.1, 0.15) is 11.2 Å². The summed E-state index contributed by atoms with van der Waals surface area (Å²) in [6.07, 6.45) is 0. The molecule has 0 spiro atoms. The van der Waals surface area contributed by atoms with Gasteiger partial charge in [0, 0.05) is 21.9 Å². The molecule has 0 saturated heterocycles. The van der Waals surface area contributed by atoms with Crippen molar-refractivity contribution in [3.8, 4) is 33.4 Å². The van der Waals surface area contributed by atoms with E-state index < -0.39 is 84.1 Å². The van der Waals surface area contributed by atoms with Gasteiger partial charge in [-0.25, -0.2) is 0 Å². The van der Waals surface area contributed by atoms with Crippen LogP contribution in [-0.4, -0.2) is 0 Å². The van der Waals surface area contributed by atoms with Gasteiger partial charge >= 0.3 is 0 Å². The van der Waals surface area contributed by atoms with Crippen LogP contribution in [0, 0.1) is 0 Å². The predicted octanol–water partition coefficient (Wildman–Crippen LogP) is 10.9. The normalized spacial score (nSPS) is 16.3. The zero-order chi connectivity index (χ0) is 37.1. The number of rotatable bonds is 3. The molecule has 0 N–H and O–H groups in total. The highest BCUT2D eigenvalue weighted by molar-refractivity contribution is 6.24. The van der Waals surface area contributed by atoms with Gasteiger partial charge in [-0.05, 0) is 55.9 Å². The molecule has 39 heavy (non-hydrogen) atoms. The largest absolute Gasteiger partial charge is 0.455 e. The van der Waals surface area contributed by atoms with E-state index in [4.69, 9.17) is 19.5 Å². The van der Waals surface area contributed by atoms with Crippen molar-refractivity contribution in [3.05, 3.63) is 145 Å². The Hall–Kier alpha value is -5.14. The molecule has 0 saturated carbocycles. The number of para-hydroxylation sites is 1. The van der Waals surface area contributed by atoms with Gasteiger partial charge in [0.05, 0.1) is 17.8 Å². The van der Waals surface area contributed by atoms with E-state index in [1.165, 1.54) is 0 Å². The lowest BCUT2D eigenvalue weighted by atomic mass is 9.85. The zero-order valence-corrected chi connectivity index (χ0v) is 20.3. The highest BCUT2D eigenvalue weighted by Gasteiger charge is 2.20. The third-order valence-electron chi connectivity index (χ3n) is 7.00. The summed E-state index contributed by atoms with van der Waals surface area (Å²) in [5, 5.41) is 0.522. The topological polar surface area (TPSA) is 13.1 Å². The Morgan fingerprint density at radius 2 is 1.08 bits per heavy atom. The van der Waals surface area contributed by atoms with E-state index in [1.807, 2.05) is 54.6 Å². The van der Waals surface area contributed by atoms with Gasteiger partial charge in [-0.3, -0.25) is 0 Å². The van der Waals surface area contributed by atoms with Crippen LogP contribution in [0.3, 0.4) is 0 Å². The van der Waals surface area contributed by atoms with Gasteiger partial charge < -0.3 is 4.42 Å². The number of fused-ring (bicyclic) bond motifs is 5. The van der Waals surface area contributed by atoms with Crippen LogP contribution in [0.25, 0.3) is 76.9 Å². The van der Waals surface area contributed by atoms with Crippen LogP contribution in [-0.2, 0) is 0 Å². The highest BCUT2D eigenvalue weighted by Crippen LogP contribution is 2.46. The quantitative estimate of drug-likeness (QED) is 0.216. The molecule has 0 aliphatic rings. The minimum absolute atomic E-state index is 0.0213. The van der Waals surface area contributed by atoms with E-state index in [0.29, 0.717) is 16.6 Å². The molecule has 1 nitrogen and oxygen atoms in total. The van der Waals surface area contributed by atoms with Gasteiger partial charge in [-0.15, -0.1) is 0 Å². The Balaban J connectivity index is 1.65. The Morgan fingerprint density at radius 1 is 0.436 bits per heavy atom. The van der Waals surface area contributed by atoms with Crippen LogP contribution in [0.1, 0.15) is 17.8 Å². The highest BCUT2D eigenvalue weighted by atomic mass is 16.3. The molecule has 1 heteroatoms. The van der Waals surface area contributed by atoms with Crippen molar-refractivity contribution < 1.29 is 22.2 Å². The predicted molar refractivity (Wildman–Crippen MR) is 165 cm³/mol. The van der Waals surface area contributed by atoms with Crippen molar-refractivity contribution >= 4 is 43.5 Å². The van der Waals surface area contributed by atoms with E-state index in [1.54, 1.807) is 12.1 Å². The molecule has 0 bridgehead atoms. The maximum absolute atomic E-state index is 9.22. The van der Waals surface area contributed by atoms with Crippen LogP contribution in [0.4, 0.5) is 0 Å². The van der Waals surface area contributed by atoms with Crippen LogP contribution < -0.4 is 0 Å². The van der Waals surface area contributed by atoms with Gasteiger partial charge in [0.2, 0.25) is 0 Å².